The Kier molecular flexibility index (Phi) is 6.48. The average molecular weight is 272 g/mol. The van der Waals surface area contributed by atoms with Crippen molar-refractivity contribution in [3.05, 3.63) is 41.5 Å². The molecule has 0 heterocycles. The van der Waals surface area contributed by atoms with Crippen LogP contribution in [0.1, 0.15) is 31.4 Å². The maximum Gasteiger partial charge on any atom is 0.244 e. The SMILES string of the molecule is CC(C)CC(CO)NC(=O)C=Cc1ccc(C#N)cc1. The van der Waals surface area contributed by atoms with Crippen molar-refractivity contribution in [2.24, 2.45) is 5.92 Å². The predicted octanol–water partition coefficient (Wildman–Crippen LogP) is 2.09. The van der Waals surface area contributed by atoms with Crippen LogP contribution in [-0.2, 0) is 4.79 Å². The van der Waals surface area contributed by atoms with Gasteiger partial charge in [0.15, 0.2) is 0 Å². The fraction of sp³-hybridized carbons (Fsp3) is 0.375. The highest BCUT2D eigenvalue weighted by Crippen LogP contribution is 2.06. The summed E-state index contributed by atoms with van der Waals surface area (Å²) in [6.07, 6.45) is 3.86. The number of hydrogen-bond donors (Lipinski definition) is 2. The van der Waals surface area contributed by atoms with Gasteiger partial charge in [0, 0.05) is 6.08 Å². The van der Waals surface area contributed by atoms with Crippen molar-refractivity contribution in [2.75, 3.05) is 6.61 Å². The molecule has 0 aliphatic heterocycles. The topological polar surface area (TPSA) is 73.1 Å². The highest BCUT2D eigenvalue weighted by atomic mass is 16.3. The molecule has 0 saturated carbocycles. The van der Waals surface area contributed by atoms with Gasteiger partial charge in [-0.25, -0.2) is 0 Å². The largest absolute Gasteiger partial charge is 0.394 e. The number of aliphatic hydroxyl groups is 1. The van der Waals surface area contributed by atoms with Crippen LogP contribution in [0.2, 0.25) is 0 Å². The van der Waals surface area contributed by atoms with E-state index in [1.54, 1.807) is 30.3 Å². The van der Waals surface area contributed by atoms with E-state index in [-0.39, 0.29) is 18.6 Å². The van der Waals surface area contributed by atoms with Crippen molar-refractivity contribution < 1.29 is 9.90 Å². The summed E-state index contributed by atoms with van der Waals surface area (Å²) in [4.78, 5) is 11.7. The molecule has 106 valence electrons. The number of hydrogen-bond acceptors (Lipinski definition) is 3. The van der Waals surface area contributed by atoms with Crippen LogP contribution in [0.25, 0.3) is 6.08 Å². The maximum atomic E-state index is 11.7. The molecule has 20 heavy (non-hydrogen) atoms. The lowest BCUT2D eigenvalue weighted by Gasteiger charge is -2.17. The number of carbonyl (C=O) groups excluding carboxylic acids is 1. The van der Waals surface area contributed by atoms with E-state index in [1.807, 2.05) is 19.9 Å². The van der Waals surface area contributed by atoms with Crippen LogP contribution < -0.4 is 5.32 Å². The summed E-state index contributed by atoms with van der Waals surface area (Å²) in [7, 11) is 0. The van der Waals surface area contributed by atoms with Crippen molar-refractivity contribution in [3.8, 4) is 6.07 Å². The first-order valence-corrected chi connectivity index (χ1v) is 6.64. The summed E-state index contributed by atoms with van der Waals surface area (Å²) in [5.41, 5.74) is 1.44. The van der Waals surface area contributed by atoms with Crippen LogP contribution >= 0.6 is 0 Å². The molecule has 1 atom stereocenters. The standard InChI is InChI=1S/C16H20N2O2/c1-12(2)9-15(11-19)18-16(20)8-7-13-3-5-14(10-17)6-4-13/h3-8,12,15,19H,9,11H2,1-2H3,(H,18,20). The Labute approximate surface area is 119 Å². The minimum Gasteiger partial charge on any atom is -0.394 e. The second-order valence-corrected chi connectivity index (χ2v) is 5.08. The molecular weight excluding hydrogens is 252 g/mol. The lowest BCUT2D eigenvalue weighted by atomic mass is 10.0. The van der Waals surface area contributed by atoms with Gasteiger partial charge in [-0.2, -0.15) is 5.26 Å². The third-order valence-corrected chi connectivity index (χ3v) is 2.79. The van der Waals surface area contributed by atoms with Crippen molar-refractivity contribution in [3.63, 3.8) is 0 Å². The molecule has 1 rings (SSSR count). The van der Waals surface area contributed by atoms with Crippen molar-refractivity contribution in [1.29, 1.82) is 5.26 Å². The van der Waals surface area contributed by atoms with Crippen LogP contribution in [0.5, 0.6) is 0 Å². The number of nitrogens with one attached hydrogen (secondary N) is 1. The van der Waals surface area contributed by atoms with E-state index >= 15 is 0 Å². The molecule has 0 radical (unpaired) electrons. The third-order valence-electron chi connectivity index (χ3n) is 2.79. The van der Waals surface area contributed by atoms with E-state index in [1.165, 1.54) is 6.08 Å². The molecule has 0 saturated heterocycles. The summed E-state index contributed by atoms with van der Waals surface area (Å²) in [6.45, 7) is 4.03. The zero-order chi connectivity index (χ0) is 15.0. The van der Waals surface area contributed by atoms with Crippen LogP contribution in [0.3, 0.4) is 0 Å². The maximum absolute atomic E-state index is 11.7. The molecule has 1 aromatic rings. The van der Waals surface area contributed by atoms with Crippen LogP contribution in [-0.4, -0.2) is 23.7 Å². The van der Waals surface area contributed by atoms with Crippen LogP contribution in [0.15, 0.2) is 30.3 Å². The molecule has 0 aliphatic rings. The van der Waals surface area contributed by atoms with Gasteiger partial charge in [0.25, 0.3) is 0 Å². The summed E-state index contributed by atoms with van der Waals surface area (Å²) in [5.74, 6) is 0.184. The number of aliphatic hydroxyl groups excluding tert-OH is 1. The zero-order valence-corrected chi connectivity index (χ0v) is 11.8. The highest BCUT2D eigenvalue weighted by Gasteiger charge is 2.11. The molecule has 4 heteroatoms. The van der Waals surface area contributed by atoms with E-state index in [0.717, 1.165) is 12.0 Å². The van der Waals surface area contributed by atoms with Gasteiger partial charge >= 0.3 is 0 Å². The van der Waals surface area contributed by atoms with E-state index in [9.17, 15) is 9.90 Å². The Morgan fingerprint density at radius 2 is 2.05 bits per heavy atom. The molecule has 0 aliphatic carbocycles. The molecule has 1 aromatic carbocycles. The summed E-state index contributed by atoms with van der Waals surface area (Å²) < 4.78 is 0. The van der Waals surface area contributed by atoms with Crippen LogP contribution in [0.4, 0.5) is 0 Å². The van der Waals surface area contributed by atoms with Crippen molar-refractivity contribution in [1.82, 2.24) is 5.32 Å². The predicted molar refractivity (Wildman–Crippen MR) is 78.7 cm³/mol. The van der Waals surface area contributed by atoms with Gasteiger partial charge in [0.1, 0.15) is 0 Å². The number of nitriles is 1. The van der Waals surface area contributed by atoms with Gasteiger partial charge in [-0.3, -0.25) is 4.79 Å². The van der Waals surface area contributed by atoms with Crippen molar-refractivity contribution >= 4 is 12.0 Å². The van der Waals surface area contributed by atoms with Gasteiger partial charge in [-0.1, -0.05) is 26.0 Å². The first kappa shape index (κ1) is 15.9. The Morgan fingerprint density at radius 1 is 1.40 bits per heavy atom. The lowest BCUT2D eigenvalue weighted by molar-refractivity contribution is -0.117. The minimum atomic E-state index is -0.228. The molecular formula is C16H20N2O2. The van der Waals surface area contributed by atoms with E-state index < -0.39 is 0 Å². The molecule has 0 fully saturated rings. The average Bonchev–Trinajstić information content (AvgIpc) is 2.44. The van der Waals surface area contributed by atoms with Gasteiger partial charge < -0.3 is 10.4 Å². The van der Waals surface area contributed by atoms with Gasteiger partial charge in [0.05, 0.1) is 24.3 Å². The Balaban J connectivity index is 2.56. The monoisotopic (exact) mass is 272 g/mol. The quantitative estimate of drug-likeness (QED) is 0.779. The number of nitrogens with zero attached hydrogens (tertiary/aromatic N) is 1. The smallest absolute Gasteiger partial charge is 0.244 e. The molecule has 0 spiro atoms. The van der Waals surface area contributed by atoms with Gasteiger partial charge in [-0.15, -0.1) is 0 Å². The van der Waals surface area contributed by atoms with Crippen molar-refractivity contribution in [2.45, 2.75) is 26.3 Å². The van der Waals surface area contributed by atoms with E-state index in [2.05, 4.69) is 5.32 Å². The fourth-order valence-electron chi connectivity index (χ4n) is 1.84. The molecule has 1 amide bonds. The molecule has 1 unspecified atom stereocenters. The highest BCUT2D eigenvalue weighted by molar-refractivity contribution is 5.91. The van der Waals surface area contributed by atoms with Gasteiger partial charge in [0.2, 0.25) is 5.91 Å². The number of benzene rings is 1. The Hall–Kier alpha value is -2.12. The number of rotatable bonds is 6. The summed E-state index contributed by atoms with van der Waals surface area (Å²) >= 11 is 0. The molecule has 0 bridgehead atoms. The van der Waals surface area contributed by atoms with Gasteiger partial charge in [-0.05, 0) is 36.1 Å². The second-order valence-electron chi connectivity index (χ2n) is 5.08. The van der Waals surface area contributed by atoms with E-state index in [0.29, 0.717) is 11.5 Å². The second kappa shape index (κ2) is 8.13. The molecule has 4 nitrogen and oxygen atoms in total. The third kappa shape index (κ3) is 5.68. The zero-order valence-electron chi connectivity index (χ0n) is 11.8. The number of carbonyl (C=O) groups is 1. The minimum absolute atomic E-state index is 0.0609. The first-order valence-electron chi connectivity index (χ1n) is 6.64. The molecule has 0 aromatic heterocycles. The fourth-order valence-corrected chi connectivity index (χ4v) is 1.84. The molecule has 2 N–H and O–H groups in total. The number of amides is 1. The van der Waals surface area contributed by atoms with Crippen LogP contribution in [0, 0.1) is 17.2 Å². The lowest BCUT2D eigenvalue weighted by Crippen LogP contribution is -2.37. The Bertz CT molecular complexity index is 498. The summed E-state index contributed by atoms with van der Waals surface area (Å²) in [6, 6.07) is 8.78. The Morgan fingerprint density at radius 3 is 2.55 bits per heavy atom. The normalized spacial score (nSPS) is 12.3. The summed E-state index contributed by atoms with van der Waals surface area (Å²) in [5, 5.41) is 20.6. The van der Waals surface area contributed by atoms with E-state index in [4.69, 9.17) is 5.26 Å². The first-order chi connectivity index (χ1) is 9.55.